The maximum Gasteiger partial charge on any atom is 0.227 e. The molecular formula is C23H35N3O2. The summed E-state index contributed by atoms with van der Waals surface area (Å²) < 4.78 is 5.87. The Labute approximate surface area is 169 Å². The van der Waals surface area contributed by atoms with Crippen LogP contribution in [0.4, 0.5) is 0 Å². The molecule has 2 atom stereocenters. The van der Waals surface area contributed by atoms with Crippen LogP contribution in [0.1, 0.15) is 69.9 Å². The van der Waals surface area contributed by atoms with Crippen molar-refractivity contribution < 1.29 is 9.53 Å². The summed E-state index contributed by atoms with van der Waals surface area (Å²) in [5.41, 5.74) is 8.80. The SMILES string of the molecule is C=C1CCC(CCCCCNNC(C)c2cccc(OCC3CC3)c2)C(=O)N1. The predicted molar refractivity (Wildman–Crippen MR) is 113 cm³/mol. The molecule has 1 saturated carbocycles. The van der Waals surface area contributed by atoms with E-state index < -0.39 is 0 Å². The van der Waals surface area contributed by atoms with Gasteiger partial charge in [-0.3, -0.25) is 15.6 Å². The zero-order valence-electron chi connectivity index (χ0n) is 17.1. The molecule has 1 aliphatic carbocycles. The molecule has 2 unspecified atom stereocenters. The molecule has 3 rings (SSSR count). The van der Waals surface area contributed by atoms with E-state index in [0.29, 0.717) is 0 Å². The second-order valence-corrected chi connectivity index (χ2v) is 8.30. The van der Waals surface area contributed by atoms with Crippen molar-refractivity contribution in [2.24, 2.45) is 11.8 Å². The first-order valence-corrected chi connectivity index (χ1v) is 10.8. The molecule has 0 bridgehead atoms. The zero-order valence-corrected chi connectivity index (χ0v) is 17.1. The molecule has 0 radical (unpaired) electrons. The molecule has 2 aliphatic rings. The molecule has 1 aromatic carbocycles. The van der Waals surface area contributed by atoms with Crippen molar-refractivity contribution in [1.82, 2.24) is 16.2 Å². The molecule has 1 aliphatic heterocycles. The predicted octanol–water partition coefficient (Wildman–Crippen LogP) is 4.23. The van der Waals surface area contributed by atoms with Crippen molar-refractivity contribution in [3.05, 3.63) is 42.1 Å². The van der Waals surface area contributed by atoms with Crippen molar-refractivity contribution >= 4 is 5.91 Å². The Morgan fingerprint density at radius 1 is 1.25 bits per heavy atom. The van der Waals surface area contributed by atoms with E-state index in [-0.39, 0.29) is 17.9 Å². The minimum atomic E-state index is 0.160. The lowest BCUT2D eigenvalue weighted by Gasteiger charge is -2.23. The van der Waals surface area contributed by atoms with Crippen LogP contribution in [0.2, 0.25) is 0 Å². The Kier molecular flexibility index (Phi) is 7.92. The molecule has 1 amide bonds. The van der Waals surface area contributed by atoms with Gasteiger partial charge in [0.2, 0.25) is 5.91 Å². The quantitative estimate of drug-likeness (QED) is 0.372. The summed E-state index contributed by atoms with van der Waals surface area (Å²) in [5.74, 6) is 2.07. The standard InChI is InChI=1S/C23H35N3O2/c1-17-10-13-20(23(27)25-17)7-4-3-5-14-24-26-18(2)21-8-6-9-22(15-21)28-16-19-11-12-19/h6,8-9,15,18-20,24,26H,1,3-5,7,10-14,16H2,2H3,(H,25,27). The Morgan fingerprint density at radius 2 is 2.11 bits per heavy atom. The summed E-state index contributed by atoms with van der Waals surface area (Å²) in [6.07, 6.45) is 8.82. The van der Waals surface area contributed by atoms with Crippen LogP contribution in [0.25, 0.3) is 0 Å². The van der Waals surface area contributed by atoms with E-state index in [1.54, 1.807) is 0 Å². The van der Waals surface area contributed by atoms with Gasteiger partial charge in [0.25, 0.3) is 0 Å². The molecule has 28 heavy (non-hydrogen) atoms. The lowest BCUT2D eigenvalue weighted by molar-refractivity contribution is -0.125. The third-order valence-corrected chi connectivity index (χ3v) is 5.68. The maximum atomic E-state index is 11.9. The van der Waals surface area contributed by atoms with Gasteiger partial charge in [-0.15, -0.1) is 0 Å². The van der Waals surface area contributed by atoms with Gasteiger partial charge in [0.05, 0.1) is 6.61 Å². The molecule has 0 aromatic heterocycles. The summed E-state index contributed by atoms with van der Waals surface area (Å²) in [4.78, 5) is 11.9. The maximum absolute atomic E-state index is 11.9. The summed E-state index contributed by atoms with van der Waals surface area (Å²) >= 11 is 0. The summed E-state index contributed by atoms with van der Waals surface area (Å²) in [6, 6.07) is 8.59. The van der Waals surface area contributed by atoms with Gasteiger partial charge in [0.1, 0.15) is 5.75 Å². The highest BCUT2D eigenvalue weighted by Crippen LogP contribution is 2.30. The highest BCUT2D eigenvalue weighted by Gasteiger charge is 2.23. The average Bonchev–Trinajstić information content (AvgIpc) is 3.51. The molecular weight excluding hydrogens is 350 g/mol. The molecule has 5 nitrogen and oxygen atoms in total. The molecule has 154 valence electrons. The highest BCUT2D eigenvalue weighted by molar-refractivity contribution is 5.81. The van der Waals surface area contributed by atoms with E-state index in [2.05, 4.69) is 47.9 Å². The Morgan fingerprint density at radius 3 is 2.89 bits per heavy atom. The topological polar surface area (TPSA) is 62.4 Å². The first-order chi connectivity index (χ1) is 13.6. The van der Waals surface area contributed by atoms with Crippen molar-refractivity contribution in [1.29, 1.82) is 0 Å². The number of unbranched alkanes of at least 4 members (excludes halogenated alkanes) is 2. The van der Waals surface area contributed by atoms with Gasteiger partial charge in [0.15, 0.2) is 0 Å². The smallest absolute Gasteiger partial charge is 0.227 e. The fourth-order valence-electron chi connectivity index (χ4n) is 3.56. The number of benzene rings is 1. The monoisotopic (exact) mass is 385 g/mol. The van der Waals surface area contributed by atoms with E-state index in [0.717, 1.165) is 69.0 Å². The third kappa shape index (κ3) is 6.95. The first kappa shape index (κ1) is 20.9. The van der Waals surface area contributed by atoms with Gasteiger partial charge < -0.3 is 10.1 Å². The normalized spacial score (nSPS) is 20.7. The summed E-state index contributed by atoms with van der Waals surface area (Å²) in [6.45, 7) is 7.76. The van der Waals surface area contributed by atoms with Crippen LogP contribution in [0.5, 0.6) is 5.75 Å². The van der Waals surface area contributed by atoms with Crippen molar-refractivity contribution in [3.63, 3.8) is 0 Å². The molecule has 1 aromatic rings. The zero-order chi connectivity index (χ0) is 19.8. The van der Waals surface area contributed by atoms with E-state index in [1.165, 1.54) is 18.4 Å². The lowest BCUT2D eigenvalue weighted by atomic mass is 9.92. The number of hydrogen-bond acceptors (Lipinski definition) is 4. The van der Waals surface area contributed by atoms with Crippen LogP contribution in [0, 0.1) is 11.8 Å². The van der Waals surface area contributed by atoms with Gasteiger partial charge in [-0.1, -0.05) is 31.6 Å². The van der Waals surface area contributed by atoms with Gasteiger partial charge in [-0.2, -0.15) is 0 Å². The van der Waals surface area contributed by atoms with Crippen molar-refractivity contribution in [2.75, 3.05) is 13.2 Å². The van der Waals surface area contributed by atoms with E-state index in [1.807, 2.05) is 6.07 Å². The summed E-state index contributed by atoms with van der Waals surface area (Å²) in [7, 11) is 0. The second kappa shape index (κ2) is 10.6. The number of piperidine rings is 1. The van der Waals surface area contributed by atoms with Gasteiger partial charge >= 0.3 is 0 Å². The summed E-state index contributed by atoms with van der Waals surface area (Å²) in [5, 5.41) is 2.87. The van der Waals surface area contributed by atoms with Gasteiger partial charge in [-0.05, 0) is 69.1 Å². The van der Waals surface area contributed by atoms with Gasteiger partial charge in [-0.25, -0.2) is 0 Å². The van der Waals surface area contributed by atoms with Crippen LogP contribution >= 0.6 is 0 Å². The molecule has 0 spiro atoms. The molecule has 1 saturated heterocycles. The highest BCUT2D eigenvalue weighted by atomic mass is 16.5. The number of allylic oxidation sites excluding steroid dienone is 1. The molecule has 3 N–H and O–H groups in total. The Hall–Kier alpha value is -1.85. The number of carbonyl (C=O) groups is 1. The van der Waals surface area contributed by atoms with Crippen LogP contribution in [0.3, 0.4) is 0 Å². The minimum Gasteiger partial charge on any atom is -0.493 e. The number of nitrogens with one attached hydrogen (secondary N) is 3. The number of hydrazine groups is 1. The lowest BCUT2D eigenvalue weighted by Crippen LogP contribution is -2.35. The van der Waals surface area contributed by atoms with E-state index in [9.17, 15) is 4.79 Å². The molecule has 2 fully saturated rings. The first-order valence-electron chi connectivity index (χ1n) is 10.8. The van der Waals surface area contributed by atoms with E-state index >= 15 is 0 Å². The van der Waals surface area contributed by atoms with Crippen LogP contribution < -0.4 is 20.9 Å². The number of amides is 1. The average molecular weight is 386 g/mol. The fraction of sp³-hybridized carbons (Fsp3) is 0.609. The van der Waals surface area contributed by atoms with Crippen molar-refractivity contribution in [3.8, 4) is 5.75 Å². The minimum absolute atomic E-state index is 0.160. The molecule has 1 heterocycles. The van der Waals surface area contributed by atoms with Crippen LogP contribution in [-0.4, -0.2) is 19.1 Å². The van der Waals surface area contributed by atoms with Gasteiger partial charge in [0, 0.05) is 24.2 Å². The van der Waals surface area contributed by atoms with Crippen molar-refractivity contribution in [2.45, 2.75) is 64.3 Å². The molecule has 5 heteroatoms. The second-order valence-electron chi connectivity index (χ2n) is 8.30. The third-order valence-electron chi connectivity index (χ3n) is 5.68. The Balaban J connectivity index is 1.25. The van der Waals surface area contributed by atoms with Crippen LogP contribution in [-0.2, 0) is 4.79 Å². The van der Waals surface area contributed by atoms with E-state index in [4.69, 9.17) is 4.74 Å². The fourth-order valence-corrected chi connectivity index (χ4v) is 3.56. The van der Waals surface area contributed by atoms with Crippen LogP contribution in [0.15, 0.2) is 36.5 Å². The number of hydrogen-bond donors (Lipinski definition) is 3. The number of ether oxygens (including phenoxy) is 1. The number of rotatable bonds is 12. The number of carbonyl (C=O) groups excluding carboxylic acids is 1. The Bertz CT molecular complexity index is 657. The largest absolute Gasteiger partial charge is 0.493 e.